The maximum Gasteiger partial charge on any atom is 0.137 e. The molecule has 108 valence electrons. The number of imidazole rings is 1. The van der Waals surface area contributed by atoms with Crippen LogP contribution in [0.15, 0.2) is 47.1 Å². The van der Waals surface area contributed by atoms with Crippen LogP contribution in [0.2, 0.25) is 0 Å². The van der Waals surface area contributed by atoms with E-state index in [9.17, 15) is 5.11 Å². The van der Waals surface area contributed by atoms with Gasteiger partial charge in [0, 0.05) is 17.1 Å². The van der Waals surface area contributed by atoms with E-state index in [1.165, 1.54) is 11.1 Å². The smallest absolute Gasteiger partial charge is 0.137 e. The second kappa shape index (κ2) is 6.00. The molecular weight excluding hydrogens is 328 g/mol. The molecule has 1 aromatic carbocycles. The van der Waals surface area contributed by atoms with Crippen LogP contribution in [0.3, 0.4) is 0 Å². The first-order chi connectivity index (χ1) is 10.2. The quantitative estimate of drug-likeness (QED) is 0.782. The molecule has 2 heterocycles. The van der Waals surface area contributed by atoms with Gasteiger partial charge >= 0.3 is 0 Å². The van der Waals surface area contributed by atoms with Crippen LogP contribution in [0.4, 0.5) is 0 Å². The Kier molecular flexibility index (Phi) is 4.08. The molecule has 3 aromatic rings. The van der Waals surface area contributed by atoms with E-state index in [2.05, 4.69) is 50.4 Å². The van der Waals surface area contributed by atoms with Crippen molar-refractivity contribution in [3.63, 3.8) is 0 Å². The minimum Gasteiger partial charge on any atom is -0.390 e. The zero-order chi connectivity index (χ0) is 14.8. The molecule has 4 heteroatoms. The molecule has 0 saturated heterocycles. The monoisotopic (exact) mass is 344 g/mol. The van der Waals surface area contributed by atoms with Gasteiger partial charge in [-0.05, 0) is 41.8 Å². The van der Waals surface area contributed by atoms with Crippen LogP contribution in [0, 0.1) is 0 Å². The molecule has 1 N–H and O–H groups in total. The van der Waals surface area contributed by atoms with E-state index in [1.54, 1.807) is 0 Å². The maximum atomic E-state index is 9.59. The molecule has 0 spiro atoms. The minimum absolute atomic E-state index is 0.0352. The Labute approximate surface area is 132 Å². The minimum atomic E-state index is -0.0352. The van der Waals surface area contributed by atoms with Gasteiger partial charge in [0.15, 0.2) is 0 Å². The average molecular weight is 345 g/mol. The zero-order valence-corrected chi connectivity index (χ0v) is 13.5. The van der Waals surface area contributed by atoms with Gasteiger partial charge in [-0.15, -0.1) is 0 Å². The number of aromatic nitrogens is 2. The Morgan fingerprint density at radius 3 is 2.81 bits per heavy atom. The number of halogens is 1. The number of aliphatic hydroxyl groups is 1. The van der Waals surface area contributed by atoms with Gasteiger partial charge in [0.25, 0.3) is 0 Å². The molecule has 0 aliphatic carbocycles. The molecule has 0 radical (unpaired) electrons. The molecular formula is C17H17BrN2O. The number of aliphatic hydroxyl groups excluding tert-OH is 1. The van der Waals surface area contributed by atoms with Gasteiger partial charge in [0.2, 0.25) is 0 Å². The molecule has 3 nitrogen and oxygen atoms in total. The molecule has 0 bridgehead atoms. The highest BCUT2D eigenvalue weighted by atomic mass is 79.9. The Morgan fingerprint density at radius 2 is 2.05 bits per heavy atom. The van der Waals surface area contributed by atoms with Crippen LogP contribution >= 0.6 is 15.9 Å². The standard InChI is InChI=1S/C17H17BrN2O/c1-2-12-6-7-14(18)9-13(12)10-16-15(11-21)19-17-5-3-4-8-20(16)17/h3-9,21H,2,10-11H2,1H3. The molecule has 2 aromatic heterocycles. The van der Waals surface area contributed by atoms with E-state index in [0.29, 0.717) is 0 Å². The Balaban J connectivity index is 2.11. The normalized spacial score (nSPS) is 11.2. The summed E-state index contributed by atoms with van der Waals surface area (Å²) in [5.74, 6) is 0. The Hall–Kier alpha value is -1.65. The third kappa shape index (κ3) is 2.74. The number of benzene rings is 1. The van der Waals surface area contributed by atoms with E-state index in [-0.39, 0.29) is 6.61 Å². The van der Waals surface area contributed by atoms with Crippen molar-refractivity contribution in [3.8, 4) is 0 Å². The predicted octanol–water partition coefficient (Wildman–Crippen LogP) is 3.74. The van der Waals surface area contributed by atoms with E-state index < -0.39 is 0 Å². The van der Waals surface area contributed by atoms with Gasteiger partial charge in [0.05, 0.1) is 18.0 Å². The zero-order valence-electron chi connectivity index (χ0n) is 11.9. The Morgan fingerprint density at radius 1 is 1.19 bits per heavy atom. The first-order valence-electron chi connectivity index (χ1n) is 7.06. The van der Waals surface area contributed by atoms with Crippen LogP contribution in [0.25, 0.3) is 5.65 Å². The summed E-state index contributed by atoms with van der Waals surface area (Å²) in [6, 6.07) is 12.3. The first kappa shape index (κ1) is 14.3. The highest BCUT2D eigenvalue weighted by Crippen LogP contribution is 2.23. The van der Waals surface area contributed by atoms with Crippen molar-refractivity contribution in [2.75, 3.05) is 0 Å². The third-order valence-electron chi connectivity index (χ3n) is 3.77. The van der Waals surface area contributed by atoms with Gasteiger partial charge < -0.3 is 9.51 Å². The van der Waals surface area contributed by atoms with Crippen LogP contribution < -0.4 is 0 Å². The summed E-state index contributed by atoms with van der Waals surface area (Å²) >= 11 is 3.54. The van der Waals surface area contributed by atoms with Gasteiger partial charge in [-0.1, -0.05) is 35.0 Å². The summed E-state index contributed by atoms with van der Waals surface area (Å²) in [7, 11) is 0. The van der Waals surface area contributed by atoms with Crippen molar-refractivity contribution in [3.05, 3.63) is 69.6 Å². The SMILES string of the molecule is CCc1ccc(Br)cc1Cc1c(CO)nc2ccccn12. The fraction of sp³-hybridized carbons (Fsp3) is 0.235. The van der Waals surface area contributed by atoms with E-state index >= 15 is 0 Å². The predicted molar refractivity (Wildman–Crippen MR) is 87.4 cm³/mol. The van der Waals surface area contributed by atoms with Crippen LogP contribution in [-0.4, -0.2) is 14.5 Å². The summed E-state index contributed by atoms with van der Waals surface area (Å²) < 4.78 is 3.14. The summed E-state index contributed by atoms with van der Waals surface area (Å²) in [6.45, 7) is 2.13. The number of nitrogens with zero attached hydrogens (tertiary/aromatic N) is 2. The van der Waals surface area contributed by atoms with Crippen LogP contribution in [0.5, 0.6) is 0 Å². The number of aryl methyl sites for hydroxylation is 1. The molecule has 0 saturated carbocycles. The van der Waals surface area contributed by atoms with Gasteiger partial charge in [0.1, 0.15) is 5.65 Å². The topological polar surface area (TPSA) is 37.5 Å². The van der Waals surface area contributed by atoms with E-state index in [1.807, 2.05) is 24.4 Å². The van der Waals surface area contributed by atoms with Crippen molar-refractivity contribution >= 4 is 21.6 Å². The number of rotatable bonds is 4. The molecule has 0 amide bonds. The maximum absolute atomic E-state index is 9.59. The highest BCUT2D eigenvalue weighted by molar-refractivity contribution is 9.10. The lowest BCUT2D eigenvalue weighted by molar-refractivity contribution is 0.276. The second-order valence-electron chi connectivity index (χ2n) is 5.04. The number of pyridine rings is 1. The molecule has 0 aliphatic rings. The molecule has 0 atom stereocenters. The second-order valence-corrected chi connectivity index (χ2v) is 5.95. The summed E-state index contributed by atoms with van der Waals surface area (Å²) in [5, 5.41) is 9.59. The number of fused-ring (bicyclic) bond motifs is 1. The fourth-order valence-corrected chi connectivity index (χ4v) is 3.10. The Bertz CT molecular complexity index is 780. The fourth-order valence-electron chi connectivity index (χ4n) is 2.69. The summed E-state index contributed by atoms with van der Waals surface area (Å²) in [6.07, 6.45) is 3.76. The molecule has 0 unspecified atom stereocenters. The number of hydrogen-bond donors (Lipinski definition) is 1. The summed E-state index contributed by atoms with van der Waals surface area (Å²) in [5.41, 5.74) is 5.29. The molecule has 0 fully saturated rings. The lowest BCUT2D eigenvalue weighted by Crippen LogP contribution is -2.01. The lowest BCUT2D eigenvalue weighted by atomic mass is 10.0. The van der Waals surface area contributed by atoms with Gasteiger partial charge in [-0.25, -0.2) is 4.98 Å². The van der Waals surface area contributed by atoms with Crippen molar-refractivity contribution in [1.82, 2.24) is 9.38 Å². The molecule has 21 heavy (non-hydrogen) atoms. The molecule has 3 rings (SSSR count). The molecule has 0 aliphatic heterocycles. The first-order valence-corrected chi connectivity index (χ1v) is 7.85. The highest BCUT2D eigenvalue weighted by Gasteiger charge is 2.13. The van der Waals surface area contributed by atoms with Crippen LogP contribution in [0.1, 0.15) is 29.4 Å². The van der Waals surface area contributed by atoms with Crippen molar-refractivity contribution in [2.45, 2.75) is 26.4 Å². The summed E-state index contributed by atoms with van der Waals surface area (Å²) in [4.78, 5) is 4.51. The number of hydrogen-bond acceptors (Lipinski definition) is 2. The largest absolute Gasteiger partial charge is 0.390 e. The van der Waals surface area contributed by atoms with Gasteiger partial charge in [-0.2, -0.15) is 0 Å². The van der Waals surface area contributed by atoms with E-state index in [0.717, 1.165) is 34.3 Å². The van der Waals surface area contributed by atoms with Crippen molar-refractivity contribution in [2.24, 2.45) is 0 Å². The average Bonchev–Trinajstić information content (AvgIpc) is 2.86. The lowest BCUT2D eigenvalue weighted by Gasteiger charge is -2.10. The van der Waals surface area contributed by atoms with Crippen molar-refractivity contribution < 1.29 is 5.11 Å². The van der Waals surface area contributed by atoms with Crippen molar-refractivity contribution in [1.29, 1.82) is 0 Å². The third-order valence-corrected chi connectivity index (χ3v) is 4.26. The van der Waals surface area contributed by atoms with Gasteiger partial charge in [-0.3, -0.25) is 0 Å². The van der Waals surface area contributed by atoms with Crippen LogP contribution in [-0.2, 0) is 19.4 Å². The van der Waals surface area contributed by atoms with E-state index in [4.69, 9.17) is 0 Å².